The van der Waals surface area contributed by atoms with E-state index in [2.05, 4.69) is 6.92 Å². The van der Waals surface area contributed by atoms with E-state index in [1.54, 1.807) is 0 Å². The van der Waals surface area contributed by atoms with E-state index >= 15 is 0 Å². The Kier molecular flexibility index (Phi) is 11.1. The van der Waals surface area contributed by atoms with Crippen LogP contribution in [0.2, 0.25) is 0 Å². The topological polar surface area (TPSA) is 26.3 Å². The second kappa shape index (κ2) is 12.4. The third-order valence-corrected chi connectivity index (χ3v) is 4.75. The van der Waals surface area contributed by atoms with E-state index in [-0.39, 0.29) is 12.1 Å². The summed E-state index contributed by atoms with van der Waals surface area (Å²) in [5, 5.41) is 0.435. The van der Waals surface area contributed by atoms with Gasteiger partial charge in [-0.1, -0.05) is 58.1 Å². The van der Waals surface area contributed by atoms with Gasteiger partial charge in [0.2, 0.25) is 0 Å². The largest absolute Gasteiger partial charge is 0.462 e. The first kappa shape index (κ1) is 18.9. The molecule has 1 fully saturated rings. The fraction of sp³-hybridized carbons (Fsp3) is 0.889. The third-order valence-electron chi connectivity index (χ3n) is 4.28. The molecule has 0 atom stereocenters. The van der Waals surface area contributed by atoms with Gasteiger partial charge in [-0.3, -0.25) is 4.79 Å². The molecule has 0 aromatic carbocycles. The predicted molar refractivity (Wildman–Crippen MR) is 91.3 cm³/mol. The summed E-state index contributed by atoms with van der Waals surface area (Å²) >= 11 is 5.36. The number of unbranched alkanes of at least 4 members (excludes halogenated alkanes) is 6. The summed E-state index contributed by atoms with van der Waals surface area (Å²) in [6.45, 7) is 3.85. The first-order chi connectivity index (χ1) is 10.2. The molecule has 0 aliphatic heterocycles. The van der Waals surface area contributed by atoms with Crippen LogP contribution in [0.25, 0.3) is 0 Å². The van der Waals surface area contributed by atoms with Crippen LogP contribution >= 0.6 is 12.6 Å². The summed E-state index contributed by atoms with van der Waals surface area (Å²) in [5.74, 6) is 0.00764. The zero-order valence-electron chi connectivity index (χ0n) is 13.5. The van der Waals surface area contributed by atoms with Crippen molar-refractivity contribution in [1.82, 2.24) is 0 Å². The zero-order chi connectivity index (χ0) is 15.3. The first-order valence-corrected chi connectivity index (χ1v) is 9.34. The number of hydrogen-bond acceptors (Lipinski definition) is 2. The maximum Gasteiger partial charge on any atom is 0.306 e. The molecular weight excluding hydrogens is 280 g/mol. The highest BCUT2D eigenvalue weighted by Crippen LogP contribution is 2.23. The van der Waals surface area contributed by atoms with Crippen LogP contribution in [0.4, 0.5) is 0 Å². The standard InChI is InChI=1S/C18H32O2S/c1-2-3-4-5-6-7-8-15-18(19)20-16-11-9-13-17(21)14-10-12-16/h16-17H,1-15H2. The van der Waals surface area contributed by atoms with E-state index in [1.807, 2.05) is 0 Å². The Labute approximate surface area is 136 Å². The van der Waals surface area contributed by atoms with Crippen molar-refractivity contribution in [2.24, 2.45) is 0 Å². The fourth-order valence-electron chi connectivity index (χ4n) is 2.95. The summed E-state index contributed by atoms with van der Waals surface area (Å²) in [7, 11) is 0. The van der Waals surface area contributed by atoms with E-state index in [1.165, 1.54) is 25.7 Å². The second-order valence-corrected chi connectivity index (χ2v) is 6.99. The number of esters is 1. The lowest BCUT2D eigenvalue weighted by atomic mass is 9.98. The molecule has 122 valence electrons. The highest BCUT2D eigenvalue weighted by molar-refractivity contribution is 7.80. The molecule has 3 heteroatoms. The SMILES string of the molecule is [CH2]CCCCCCCCC(=O)OC1CCCC([S])CCC1. The number of ether oxygens (including phenoxy) is 1. The van der Waals surface area contributed by atoms with Crippen molar-refractivity contribution in [1.29, 1.82) is 0 Å². The number of hydrogen-bond donors (Lipinski definition) is 0. The van der Waals surface area contributed by atoms with Gasteiger partial charge in [-0.15, -0.1) is 0 Å². The monoisotopic (exact) mass is 312 g/mol. The van der Waals surface area contributed by atoms with Crippen molar-refractivity contribution >= 4 is 18.6 Å². The van der Waals surface area contributed by atoms with E-state index in [0.29, 0.717) is 11.7 Å². The quantitative estimate of drug-likeness (QED) is 0.399. The van der Waals surface area contributed by atoms with Gasteiger partial charge in [0, 0.05) is 11.7 Å². The van der Waals surface area contributed by atoms with E-state index in [9.17, 15) is 4.79 Å². The Bertz CT molecular complexity index is 258. The Balaban J connectivity index is 2.02. The molecule has 2 nitrogen and oxygen atoms in total. The Morgan fingerprint density at radius 2 is 1.52 bits per heavy atom. The molecule has 21 heavy (non-hydrogen) atoms. The average molecular weight is 313 g/mol. The highest BCUT2D eigenvalue weighted by atomic mass is 32.1. The van der Waals surface area contributed by atoms with Crippen LogP contribution in [0.15, 0.2) is 0 Å². The second-order valence-electron chi connectivity index (χ2n) is 6.32. The highest BCUT2D eigenvalue weighted by Gasteiger charge is 2.18. The van der Waals surface area contributed by atoms with Crippen molar-refractivity contribution in [3.63, 3.8) is 0 Å². The van der Waals surface area contributed by atoms with Gasteiger partial charge < -0.3 is 4.74 Å². The van der Waals surface area contributed by atoms with Crippen LogP contribution in [0, 0.1) is 6.92 Å². The smallest absolute Gasteiger partial charge is 0.306 e. The van der Waals surface area contributed by atoms with Crippen LogP contribution in [-0.2, 0) is 9.53 Å². The molecule has 1 saturated carbocycles. The first-order valence-electron chi connectivity index (χ1n) is 8.87. The molecule has 1 rings (SSSR count). The van der Waals surface area contributed by atoms with Gasteiger partial charge in [0.1, 0.15) is 6.10 Å². The summed E-state index contributed by atoms with van der Waals surface area (Å²) in [6, 6.07) is 0. The minimum Gasteiger partial charge on any atom is -0.462 e. The van der Waals surface area contributed by atoms with Gasteiger partial charge in [-0.05, 0) is 44.9 Å². The Morgan fingerprint density at radius 3 is 2.14 bits per heavy atom. The van der Waals surface area contributed by atoms with Gasteiger partial charge >= 0.3 is 5.97 Å². The summed E-state index contributed by atoms with van der Waals surface area (Å²) in [6.07, 6.45) is 15.4. The molecule has 0 saturated heterocycles. The van der Waals surface area contributed by atoms with E-state index in [4.69, 9.17) is 17.4 Å². The van der Waals surface area contributed by atoms with Gasteiger partial charge in [-0.25, -0.2) is 0 Å². The number of rotatable bonds is 9. The molecule has 0 spiro atoms. The van der Waals surface area contributed by atoms with Gasteiger partial charge in [0.25, 0.3) is 0 Å². The molecule has 0 unspecified atom stereocenters. The molecule has 0 amide bonds. The Hall–Kier alpha value is -0.180. The van der Waals surface area contributed by atoms with Gasteiger partial charge in [0.05, 0.1) is 0 Å². The van der Waals surface area contributed by atoms with Crippen molar-refractivity contribution in [2.45, 2.75) is 101 Å². The molecule has 0 heterocycles. The van der Waals surface area contributed by atoms with Crippen LogP contribution in [0.3, 0.4) is 0 Å². The maximum atomic E-state index is 11.9. The number of carbonyl (C=O) groups excluding carboxylic acids is 1. The molecule has 0 aromatic heterocycles. The molecule has 0 N–H and O–H groups in total. The maximum absolute atomic E-state index is 11.9. The van der Waals surface area contributed by atoms with Crippen LogP contribution in [-0.4, -0.2) is 17.3 Å². The minimum absolute atomic E-state index is 0.00764. The molecule has 0 bridgehead atoms. The van der Waals surface area contributed by atoms with Crippen molar-refractivity contribution in [3.8, 4) is 0 Å². The van der Waals surface area contributed by atoms with Crippen LogP contribution in [0.1, 0.15) is 89.9 Å². The van der Waals surface area contributed by atoms with Crippen LogP contribution < -0.4 is 0 Å². The van der Waals surface area contributed by atoms with Crippen LogP contribution in [0.5, 0.6) is 0 Å². The third kappa shape index (κ3) is 10.2. The molecule has 1 aliphatic carbocycles. The molecular formula is C18H32O2S. The number of carbonyl (C=O) groups is 1. The summed E-state index contributed by atoms with van der Waals surface area (Å²) < 4.78 is 5.63. The lowest BCUT2D eigenvalue weighted by molar-refractivity contribution is -0.150. The van der Waals surface area contributed by atoms with E-state index in [0.717, 1.165) is 57.8 Å². The normalized spacial score (nSPS) is 23.3. The summed E-state index contributed by atoms with van der Waals surface area (Å²) in [5.41, 5.74) is 0. The van der Waals surface area contributed by atoms with E-state index < -0.39 is 0 Å². The van der Waals surface area contributed by atoms with Crippen molar-refractivity contribution in [3.05, 3.63) is 6.92 Å². The minimum atomic E-state index is 0.00764. The lowest BCUT2D eigenvalue weighted by Gasteiger charge is -2.22. The van der Waals surface area contributed by atoms with Crippen molar-refractivity contribution in [2.75, 3.05) is 0 Å². The average Bonchev–Trinajstić information content (AvgIpc) is 2.44. The van der Waals surface area contributed by atoms with Gasteiger partial charge in [0.15, 0.2) is 0 Å². The van der Waals surface area contributed by atoms with Gasteiger partial charge in [-0.2, -0.15) is 0 Å². The molecule has 0 aromatic rings. The fourth-order valence-corrected chi connectivity index (χ4v) is 3.28. The van der Waals surface area contributed by atoms with Crippen molar-refractivity contribution < 1.29 is 9.53 Å². The summed E-state index contributed by atoms with van der Waals surface area (Å²) in [4.78, 5) is 11.9. The Morgan fingerprint density at radius 1 is 0.952 bits per heavy atom. The predicted octanol–water partition coefficient (Wildman–Crippen LogP) is 5.77. The lowest BCUT2D eigenvalue weighted by Crippen LogP contribution is -2.20. The zero-order valence-corrected chi connectivity index (χ0v) is 14.3. The molecule has 2 radical (unpaired) electrons. The molecule has 1 aliphatic rings.